The van der Waals surface area contributed by atoms with E-state index in [9.17, 15) is 13.5 Å². The molecule has 2 rings (SSSR count). The zero-order chi connectivity index (χ0) is 20.8. The van der Waals surface area contributed by atoms with Gasteiger partial charge >= 0.3 is 0 Å². The molecule has 2 aromatic rings. The van der Waals surface area contributed by atoms with Crippen LogP contribution in [-0.2, 0) is 34.8 Å². The van der Waals surface area contributed by atoms with Crippen LogP contribution in [0.2, 0.25) is 0 Å². The van der Waals surface area contributed by atoms with Crippen molar-refractivity contribution < 1.29 is 13.5 Å². The van der Waals surface area contributed by atoms with Gasteiger partial charge in [-0.15, -0.1) is 0 Å². The molecule has 0 aliphatic rings. The second-order valence-corrected chi connectivity index (χ2v) is 9.25. The minimum atomic E-state index is -3.04. The van der Waals surface area contributed by atoms with Gasteiger partial charge in [-0.05, 0) is 25.0 Å². The summed E-state index contributed by atoms with van der Waals surface area (Å²) in [5, 5.41) is 21.1. The van der Waals surface area contributed by atoms with Gasteiger partial charge in [-0.2, -0.15) is 5.10 Å². The van der Waals surface area contributed by atoms with Crippen LogP contribution in [0.15, 0.2) is 41.7 Å². The Morgan fingerprint density at radius 2 is 1.89 bits per heavy atom. The average Bonchev–Trinajstić information content (AvgIpc) is 3.05. The Morgan fingerprint density at radius 3 is 2.43 bits per heavy atom. The highest BCUT2D eigenvalue weighted by Gasteiger charge is 2.24. The molecule has 8 nitrogen and oxygen atoms in total. The standard InChI is InChI=1S/C19H29N5O3S/c1-5-20-18(22-14-19(2,25)17-11-23-24(3)12-17)21-10-15-6-8-16(9-7-15)13-28(4,26)27/h6-9,11-12,25H,5,10,13-14H2,1-4H3,(H2,20,21,22). The number of nitrogens with zero attached hydrogens (tertiary/aromatic N) is 3. The summed E-state index contributed by atoms with van der Waals surface area (Å²) >= 11 is 0. The minimum absolute atomic E-state index is 0.0319. The summed E-state index contributed by atoms with van der Waals surface area (Å²) in [6.45, 7) is 5.09. The fourth-order valence-electron chi connectivity index (χ4n) is 2.61. The molecule has 3 N–H and O–H groups in total. The smallest absolute Gasteiger partial charge is 0.191 e. The summed E-state index contributed by atoms with van der Waals surface area (Å²) in [5.41, 5.74) is 1.36. The van der Waals surface area contributed by atoms with Crippen LogP contribution < -0.4 is 10.6 Å². The molecule has 1 atom stereocenters. The molecule has 1 heterocycles. The van der Waals surface area contributed by atoms with E-state index in [1.54, 1.807) is 43.2 Å². The first-order valence-electron chi connectivity index (χ1n) is 9.08. The largest absolute Gasteiger partial charge is 0.383 e. The molecule has 0 radical (unpaired) electrons. The van der Waals surface area contributed by atoms with Gasteiger partial charge in [0.25, 0.3) is 0 Å². The van der Waals surface area contributed by atoms with E-state index in [1.165, 1.54) is 6.26 Å². The van der Waals surface area contributed by atoms with Crippen LogP contribution in [0.3, 0.4) is 0 Å². The quantitative estimate of drug-likeness (QED) is 0.444. The van der Waals surface area contributed by atoms with Crippen molar-refractivity contribution in [3.05, 3.63) is 53.3 Å². The van der Waals surface area contributed by atoms with Gasteiger partial charge < -0.3 is 15.7 Å². The van der Waals surface area contributed by atoms with Crippen molar-refractivity contribution in [3.8, 4) is 0 Å². The van der Waals surface area contributed by atoms with E-state index in [-0.39, 0.29) is 12.3 Å². The van der Waals surface area contributed by atoms with E-state index in [4.69, 9.17) is 0 Å². The molecule has 0 saturated carbocycles. The first-order chi connectivity index (χ1) is 13.1. The molecule has 0 fully saturated rings. The average molecular weight is 408 g/mol. The molecule has 9 heteroatoms. The van der Waals surface area contributed by atoms with Crippen molar-refractivity contribution in [2.75, 3.05) is 19.3 Å². The highest BCUT2D eigenvalue weighted by atomic mass is 32.2. The lowest BCUT2D eigenvalue weighted by Crippen LogP contribution is -2.44. The van der Waals surface area contributed by atoms with E-state index in [2.05, 4.69) is 20.7 Å². The predicted molar refractivity (Wildman–Crippen MR) is 111 cm³/mol. The summed E-state index contributed by atoms with van der Waals surface area (Å²) in [5.74, 6) is 0.622. The third-order valence-electron chi connectivity index (χ3n) is 4.14. The first kappa shape index (κ1) is 21.9. The van der Waals surface area contributed by atoms with Gasteiger partial charge in [-0.3, -0.25) is 4.68 Å². The molecular weight excluding hydrogens is 378 g/mol. The van der Waals surface area contributed by atoms with Gasteiger partial charge in [0, 0.05) is 31.6 Å². The van der Waals surface area contributed by atoms with Crippen LogP contribution in [0.1, 0.15) is 30.5 Å². The van der Waals surface area contributed by atoms with Crippen molar-refractivity contribution >= 4 is 15.8 Å². The second-order valence-electron chi connectivity index (χ2n) is 7.11. The summed E-state index contributed by atoms with van der Waals surface area (Å²) < 4.78 is 24.4. The van der Waals surface area contributed by atoms with Crippen molar-refractivity contribution in [1.82, 2.24) is 20.4 Å². The van der Waals surface area contributed by atoms with Crippen LogP contribution in [-0.4, -0.2) is 48.6 Å². The van der Waals surface area contributed by atoms with Crippen molar-refractivity contribution in [3.63, 3.8) is 0 Å². The number of hydrogen-bond acceptors (Lipinski definition) is 5. The monoisotopic (exact) mass is 407 g/mol. The number of aliphatic hydroxyl groups is 1. The number of hydrogen-bond donors (Lipinski definition) is 3. The normalized spacial score (nSPS) is 14.5. The van der Waals surface area contributed by atoms with Crippen LogP contribution in [0.5, 0.6) is 0 Å². The molecule has 0 bridgehead atoms. The highest BCUT2D eigenvalue weighted by Crippen LogP contribution is 2.18. The number of nitrogens with one attached hydrogen (secondary N) is 2. The zero-order valence-corrected chi connectivity index (χ0v) is 17.6. The lowest BCUT2D eigenvalue weighted by Gasteiger charge is -2.23. The number of guanidine groups is 1. The van der Waals surface area contributed by atoms with Crippen molar-refractivity contribution in [2.24, 2.45) is 12.0 Å². The lowest BCUT2D eigenvalue weighted by atomic mass is 10.00. The Bertz CT molecular complexity index is 902. The van der Waals surface area contributed by atoms with E-state index < -0.39 is 15.4 Å². The molecule has 0 saturated heterocycles. The Kier molecular flexibility index (Phi) is 7.20. The molecule has 1 aromatic heterocycles. The number of benzene rings is 1. The van der Waals surface area contributed by atoms with E-state index in [1.807, 2.05) is 19.1 Å². The topological polar surface area (TPSA) is 109 Å². The number of aromatic nitrogens is 2. The van der Waals surface area contributed by atoms with Gasteiger partial charge in [0.2, 0.25) is 0 Å². The summed E-state index contributed by atoms with van der Waals surface area (Å²) in [6.07, 6.45) is 4.65. The van der Waals surface area contributed by atoms with Crippen molar-refractivity contribution in [1.29, 1.82) is 0 Å². The third-order valence-corrected chi connectivity index (χ3v) is 5.00. The molecule has 0 aliphatic carbocycles. The summed E-state index contributed by atoms with van der Waals surface area (Å²) in [7, 11) is -1.24. The molecule has 0 aliphatic heterocycles. The Morgan fingerprint density at radius 1 is 1.25 bits per heavy atom. The molecule has 0 amide bonds. The number of rotatable bonds is 8. The van der Waals surface area contributed by atoms with Gasteiger partial charge in [0.15, 0.2) is 15.8 Å². The molecule has 0 spiro atoms. The minimum Gasteiger partial charge on any atom is -0.383 e. The third kappa shape index (κ3) is 6.97. The number of aryl methyl sites for hydroxylation is 1. The Hall–Kier alpha value is -2.39. The Balaban J connectivity index is 2.00. The van der Waals surface area contributed by atoms with Gasteiger partial charge in [0.1, 0.15) is 5.60 Å². The maximum Gasteiger partial charge on any atom is 0.191 e. The lowest BCUT2D eigenvalue weighted by molar-refractivity contribution is 0.0616. The predicted octanol–water partition coefficient (Wildman–Crippen LogP) is 0.928. The van der Waals surface area contributed by atoms with Crippen LogP contribution >= 0.6 is 0 Å². The molecule has 1 aromatic carbocycles. The second kappa shape index (κ2) is 9.20. The van der Waals surface area contributed by atoms with Gasteiger partial charge in [-0.25, -0.2) is 13.4 Å². The van der Waals surface area contributed by atoms with Crippen LogP contribution in [0, 0.1) is 0 Å². The molecule has 154 valence electrons. The highest BCUT2D eigenvalue weighted by molar-refractivity contribution is 7.89. The Labute approximate surface area is 166 Å². The maximum atomic E-state index is 11.4. The van der Waals surface area contributed by atoms with Crippen LogP contribution in [0.25, 0.3) is 0 Å². The van der Waals surface area contributed by atoms with E-state index in [0.29, 0.717) is 19.0 Å². The van der Waals surface area contributed by atoms with Crippen molar-refractivity contribution in [2.45, 2.75) is 31.7 Å². The number of aliphatic imine (C=N–C) groups is 1. The SMILES string of the molecule is CCNC(=NCc1ccc(CS(C)(=O)=O)cc1)NCC(C)(O)c1cnn(C)c1. The molecule has 28 heavy (non-hydrogen) atoms. The first-order valence-corrected chi connectivity index (χ1v) is 11.1. The summed E-state index contributed by atoms with van der Waals surface area (Å²) in [6, 6.07) is 7.36. The van der Waals surface area contributed by atoms with Gasteiger partial charge in [0.05, 0.1) is 25.0 Å². The van der Waals surface area contributed by atoms with Gasteiger partial charge in [-0.1, -0.05) is 24.3 Å². The number of sulfone groups is 1. The fraction of sp³-hybridized carbons (Fsp3) is 0.474. The zero-order valence-electron chi connectivity index (χ0n) is 16.8. The summed E-state index contributed by atoms with van der Waals surface area (Å²) in [4.78, 5) is 4.53. The fourth-order valence-corrected chi connectivity index (χ4v) is 3.41. The molecule has 1 unspecified atom stereocenters. The van der Waals surface area contributed by atoms with E-state index in [0.717, 1.165) is 16.7 Å². The molecular formula is C19H29N5O3S. The van der Waals surface area contributed by atoms with E-state index >= 15 is 0 Å². The van der Waals surface area contributed by atoms with Crippen LogP contribution in [0.4, 0.5) is 0 Å². The maximum absolute atomic E-state index is 11.4.